The predicted octanol–water partition coefficient (Wildman–Crippen LogP) is 2.47. The lowest BCUT2D eigenvalue weighted by molar-refractivity contribution is -0.00188. The normalized spacial score (nSPS) is 17.8. The Bertz CT molecular complexity index is 292. The van der Waals surface area contributed by atoms with Crippen molar-refractivity contribution in [1.82, 2.24) is 4.98 Å². The average Bonchev–Trinajstić information content (AvgIpc) is 2.66. The van der Waals surface area contributed by atoms with E-state index < -0.39 is 6.10 Å². The van der Waals surface area contributed by atoms with Crippen LogP contribution in [0.2, 0.25) is 0 Å². The van der Waals surface area contributed by atoms with Crippen LogP contribution in [0.15, 0.2) is 5.38 Å². The summed E-state index contributed by atoms with van der Waals surface area (Å²) in [5, 5.41) is 12.2. The van der Waals surface area contributed by atoms with Crippen molar-refractivity contribution >= 4 is 11.3 Å². The highest BCUT2D eigenvalue weighted by Gasteiger charge is 2.27. The standard InChI is InChI=1S/C10H17NO2S/c1-5-10(3,13-4)9-11-8(6-14-9)7(2)12/h6-7,12H,5H2,1-4H3. The summed E-state index contributed by atoms with van der Waals surface area (Å²) in [5.74, 6) is 0. The molecular weight excluding hydrogens is 198 g/mol. The van der Waals surface area contributed by atoms with Gasteiger partial charge in [-0.05, 0) is 20.3 Å². The van der Waals surface area contributed by atoms with Gasteiger partial charge in [-0.3, -0.25) is 0 Å². The van der Waals surface area contributed by atoms with E-state index in [1.54, 1.807) is 14.0 Å². The van der Waals surface area contributed by atoms with Gasteiger partial charge in [0.15, 0.2) is 0 Å². The summed E-state index contributed by atoms with van der Waals surface area (Å²) in [6.45, 7) is 5.79. The van der Waals surface area contributed by atoms with Gasteiger partial charge in [0.1, 0.15) is 10.6 Å². The maximum absolute atomic E-state index is 9.35. The Morgan fingerprint density at radius 2 is 2.36 bits per heavy atom. The molecule has 0 aliphatic carbocycles. The van der Waals surface area contributed by atoms with Crippen LogP contribution in [-0.4, -0.2) is 17.2 Å². The Balaban J connectivity index is 2.95. The predicted molar refractivity (Wildman–Crippen MR) is 57.4 cm³/mol. The zero-order valence-electron chi connectivity index (χ0n) is 9.07. The van der Waals surface area contributed by atoms with Crippen LogP contribution in [0.25, 0.3) is 0 Å². The molecule has 2 atom stereocenters. The van der Waals surface area contributed by atoms with Crippen LogP contribution < -0.4 is 0 Å². The first-order valence-electron chi connectivity index (χ1n) is 4.72. The minimum Gasteiger partial charge on any atom is -0.387 e. The van der Waals surface area contributed by atoms with E-state index in [2.05, 4.69) is 11.9 Å². The maximum atomic E-state index is 9.35. The SMILES string of the molecule is CCC(C)(OC)c1nc(C(C)O)cs1. The highest BCUT2D eigenvalue weighted by molar-refractivity contribution is 7.09. The van der Waals surface area contributed by atoms with Crippen LogP contribution in [-0.2, 0) is 10.3 Å². The lowest BCUT2D eigenvalue weighted by Gasteiger charge is -2.23. The number of aromatic nitrogens is 1. The highest BCUT2D eigenvalue weighted by Crippen LogP contribution is 2.31. The first-order valence-corrected chi connectivity index (χ1v) is 5.60. The van der Waals surface area contributed by atoms with Crippen LogP contribution in [0.5, 0.6) is 0 Å². The van der Waals surface area contributed by atoms with Gasteiger partial charge in [-0.15, -0.1) is 11.3 Å². The van der Waals surface area contributed by atoms with Gasteiger partial charge in [0, 0.05) is 12.5 Å². The van der Waals surface area contributed by atoms with E-state index in [0.717, 1.165) is 17.1 Å². The van der Waals surface area contributed by atoms with Gasteiger partial charge in [-0.2, -0.15) is 0 Å². The summed E-state index contributed by atoms with van der Waals surface area (Å²) in [6.07, 6.45) is 0.369. The molecule has 1 heterocycles. The van der Waals surface area contributed by atoms with Crippen molar-refractivity contribution in [2.24, 2.45) is 0 Å². The van der Waals surface area contributed by atoms with Crippen LogP contribution in [0.1, 0.15) is 44.0 Å². The molecule has 1 rings (SSSR count). The van der Waals surface area contributed by atoms with Crippen molar-refractivity contribution in [3.63, 3.8) is 0 Å². The molecule has 2 unspecified atom stereocenters. The smallest absolute Gasteiger partial charge is 0.125 e. The second-order valence-electron chi connectivity index (χ2n) is 3.54. The number of rotatable bonds is 4. The van der Waals surface area contributed by atoms with Crippen LogP contribution in [0.4, 0.5) is 0 Å². The molecule has 0 radical (unpaired) electrons. The number of aliphatic hydroxyl groups excluding tert-OH is 1. The molecule has 4 heteroatoms. The molecule has 0 aliphatic rings. The lowest BCUT2D eigenvalue weighted by atomic mass is 10.1. The van der Waals surface area contributed by atoms with Gasteiger partial charge >= 0.3 is 0 Å². The molecule has 0 spiro atoms. The van der Waals surface area contributed by atoms with Gasteiger partial charge < -0.3 is 9.84 Å². The number of ether oxygens (including phenoxy) is 1. The van der Waals surface area contributed by atoms with E-state index in [1.165, 1.54) is 11.3 Å². The molecule has 0 saturated heterocycles. The largest absolute Gasteiger partial charge is 0.387 e. The summed E-state index contributed by atoms with van der Waals surface area (Å²) < 4.78 is 5.43. The molecule has 0 fully saturated rings. The quantitative estimate of drug-likeness (QED) is 0.839. The lowest BCUT2D eigenvalue weighted by Crippen LogP contribution is -2.23. The molecule has 80 valence electrons. The van der Waals surface area contributed by atoms with E-state index in [1.807, 2.05) is 12.3 Å². The molecule has 1 N–H and O–H groups in total. The zero-order valence-corrected chi connectivity index (χ0v) is 9.89. The molecule has 1 aromatic heterocycles. The summed E-state index contributed by atoms with van der Waals surface area (Å²) in [4.78, 5) is 4.37. The first kappa shape index (κ1) is 11.6. The first-order chi connectivity index (χ1) is 6.53. The zero-order chi connectivity index (χ0) is 10.8. The molecule has 0 bridgehead atoms. The second kappa shape index (κ2) is 4.38. The topological polar surface area (TPSA) is 42.4 Å². The van der Waals surface area contributed by atoms with Crippen molar-refractivity contribution in [2.45, 2.75) is 38.9 Å². The third-order valence-electron chi connectivity index (χ3n) is 2.53. The van der Waals surface area contributed by atoms with Crippen molar-refractivity contribution in [1.29, 1.82) is 0 Å². The van der Waals surface area contributed by atoms with Gasteiger partial charge in [0.05, 0.1) is 11.8 Å². The number of hydrogen-bond acceptors (Lipinski definition) is 4. The number of aliphatic hydroxyl groups is 1. The molecular formula is C10H17NO2S. The van der Waals surface area contributed by atoms with Crippen molar-refractivity contribution in [2.75, 3.05) is 7.11 Å². The Morgan fingerprint density at radius 1 is 1.71 bits per heavy atom. The van der Waals surface area contributed by atoms with E-state index in [-0.39, 0.29) is 5.60 Å². The molecule has 0 amide bonds. The third-order valence-corrected chi connectivity index (χ3v) is 3.63. The molecule has 0 aliphatic heterocycles. The summed E-state index contributed by atoms with van der Waals surface area (Å²) >= 11 is 1.54. The highest BCUT2D eigenvalue weighted by atomic mass is 32.1. The number of thiazole rings is 1. The summed E-state index contributed by atoms with van der Waals surface area (Å²) in [7, 11) is 1.69. The van der Waals surface area contributed by atoms with Gasteiger partial charge in [-0.1, -0.05) is 6.92 Å². The molecule has 14 heavy (non-hydrogen) atoms. The Labute approximate surface area is 88.8 Å². The van der Waals surface area contributed by atoms with Gasteiger partial charge in [-0.25, -0.2) is 4.98 Å². The van der Waals surface area contributed by atoms with Crippen LogP contribution in [0, 0.1) is 0 Å². The Kier molecular flexibility index (Phi) is 3.64. The van der Waals surface area contributed by atoms with E-state index in [9.17, 15) is 5.11 Å². The minimum absolute atomic E-state index is 0.322. The van der Waals surface area contributed by atoms with Gasteiger partial charge in [0.2, 0.25) is 0 Å². The van der Waals surface area contributed by atoms with Crippen LogP contribution >= 0.6 is 11.3 Å². The van der Waals surface area contributed by atoms with E-state index >= 15 is 0 Å². The second-order valence-corrected chi connectivity index (χ2v) is 4.40. The number of methoxy groups -OCH3 is 1. The summed E-state index contributed by atoms with van der Waals surface area (Å²) in [6, 6.07) is 0. The minimum atomic E-state index is -0.502. The maximum Gasteiger partial charge on any atom is 0.125 e. The average molecular weight is 215 g/mol. The summed E-state index contributed by atoms with van der Waals surface area (Å²) in [5.41, 5.74) is 0.402. The molecule has 3 nitrogen and oxygen atoms in total. The Hall–Kier alpha value is -0.450. The molecule has 1 aromatic rings. The molecule has 0 aromatic carbocycles. The fourth-order valence-electron chi connectivity index (χ4n) is 1.10. The van der Waals surface area contributed by atoms with E-state index in [0.29, 0.717) is 0 Å². The molecule has 0 saturated carbocycles. The van der Waals surface area contributed by atoms with Crippen molar-refractivity contribution in [3.8, 4) is 0 Å². The fourth-order valence-corrected chi connectivity index (χ4v) is 2.22. The third kappa shape index (κ3) is 2.13. The monoisotopic (exact) mass is 215 g/mol. The number of hydrogen-bond donors (Lipinski definition) is 1. The Morgan fingerprint density at radius 3 is 2.71 bits per heavy atom. The van der Waals surface area contributed by atoms with Crippen molar-refractivity contribution in [3.05, 3.63) is 16.1 Å². The van der Waals surface area contributed by atoms with E-state index in [4.69, 9.17) is 4.74 Å². The van der Waals surface area contributed by atoms with Gasteiger partial charge in [0.25, 0.3) is 0 Å². The van der Waals surface area contributed by atoms with Crippen LogP contribution in [0.3, 0.4) is 0 Å². The fraction of sp³-hybridized carbons (Fsp3) is 0.700. The van der Waals surface area contributed by atoms with Crippen molar-refractivity contribution < 1.29 is 9.84 Å². The number of nitrogens with zero attached hydrogens (tertiary/aromatic N) is 1.